The molecule has 0 spiro atoms. The molecular weight excluding hydrogens is 255 g/mol. The van der Waals surface area contributed by atoms with Crippen LogP contribution in [-0.2, 0) is 4.79 Å². The molecule has 3 heteroatoms. The van der Waals surface area contributed by atoms with Crippen LogP contribution in [0.1, 0.15) is 50.2 Å². The number of carboxylic acid groups (broad SMARTS) is 1. The average Bonchev–Trinajstić information content (AvgIpc) is 2.36. The van der Waals surface area contributed by atoms with E-state index in [0.717, 1.165) is 24.0 Å². The van der Waals surface area contributed by atoms with Gasteiger partial charge in [0.1, 0.15) is 5.82 Å². The lowest BCUT2D eigenvalue weighted by molar-refractivity contribution is -0.144. The topological polar surface area (TPSA) is 37.3 Å². The predicted molar refractivity (Wildman–Crippen MR) is 77.2 cm³/mol. The molecule has 2 nitrogen and oxygen atoms in total. The SMILES string of the molecule is Cc1cc(F)cc(C2CC(C(C)C)CCC2C(=O)O)c1. The van der Waals surface area contributed by atoms with Gasteiger partial charge in [0.15, 0.2) is 0 Å². The Bertz CT molecular complexity index is 476. The summed E-state index contributed by atoms with van der Waals surface area (Å²) >= 11 is 0. The van der Waals surface area contributed by atoms with Crippen LogP contribution < -0.4 is 0 Å². The number of rotatable bonds is 3. The van der Waals surface area contributed by atoms with Gasteiger partial charge in [-0.3, -0.25) is 4.79 Å². The monoisotopic (exact) mass is 278 g/mol. The third-order valence-electron chi connectivity index (χ3n) is 4.64. The van der Waals surface area contributed by atoms with Crippen molar-refractivity contribution in [2.75, 3.05) is 0 Å². The zero-order valence-corrected chi connectivity index (χ0v) is 12.4. The number of carboxylic acids is 1. The Kier molecular flexibility index (Phi) is 4.46. The lowest BCUT2D eigenvalue weighted by Crippen LogP contribution is -2.31. The summed E-state index contributed by atoms with van der Waals surface area (Å²) in [5.41, 5.74) is 1.70. The molecule has 1 fully saturated rings. The minimum atomic E-state index is -0.751. The van der Waals surface area contributed by atoms with Crippen LogP contribution in [0.2, 0.25) is 0 Å². The highest BCUT2D eigenvalue weighted by molar-refractivity contribution is 5.71. The molecule has 1 aliphatic rings. The van der Waals surface area contributed by atoms with Crippen LogP contribution in [0, 0.1) is 30.5 Å². The number of aliphatic carboxylic acids is 1. The van der Waals surface area contributed by atoms with Gasteiger partial charge in [0.25, 0.3) is 0 Å². The summed E-state index contributed by atoms with van der Waals surface area (Å²) in [6, 6.07) is 4.94. The first-order valence-corrected chi connectivity index (χ1v) is 7.38. The number of hydrogen-bond donors (Lipinski definition) is 1. The zero-order valence-electron chi connectivity index (χ0n) is 12.4. The standard InChI is InChI=1S/C17H23FO2/c1-10(2)12-4-5-15(17(19)20)16(9-12)13-6-11(3)7-14(18)8-13/h6-8,10,12,15-16H,4-5,9H2,1-3H3,(H,19,20). The van der Waals surface area contributed by atoms with E-state index in [1.807, 2.05) is 13.0 Å². The summed E-state index contributed by atoms with van der Waals surface area (Å²) in [6.45, 7) is 6.21. The Morgan fingerprint density at radius 2 is 2.00 bits per heavy atom. The molecule has 3 atom stereocenters. The smallest absolute Gasteiger partial charge is 0.307 e. The van der Waals surface area contributed by atoms with Crippen molar-refractivity contribution in [3.8, 4) is 0 Å². The molecule has 0 saturated heterocycles. The van der Waals surface area contributed by atoms with Gasteiger partial charge in [0, 0.05) is 0 Å². The van der Waals surface area contributed by atoms with Crippen LogP contribution in [-0.4, -0.2) is 11.1 Å². The number of benzene rings is 1. The van der Waals surface area contributed by atoms with Gasteiger partial charge in [-0.15, -0.1) is 0 Å². The molecule has 110 valence electrons. The van der Waals surface area contributed by atoms with Crippen LogP contribution in [0.4, 0.5) is 4.39 Å². The highest BCUT2D eigenvalue weighted by Crippen LogP contribution is 2.43. The molecule has 1 aliphatic carbocycles. The van der Waals surface area contributed by atoms with Crippen molar-refractivity contribution in [1.82, 2.24) is 0 Å². The van der Waals surface area contributed by atoms with Crippen LogP contribution in [0.25, 0.3) is 0 Å². The molecule has 2 rings (SSSR count). The van der Waals surface area contributed by atoms with Crippen molar-refractivity contribution < 1.29 is 14.3 Å². The van der Waals surface area contributed by atoms with Gasteiger partial charge >= 0.3 is 5.97 Å². The van der Waals surface area contributed by atoms with Gasteiger partial charge in [-0.25, -0.2) is 4.39 Å². The molecule has 0 heterocycles. The first kappa shape index (κ1) is 15.0. The van der Waals surface area contributed by atoms with Gasteiger partial charge in [-0.1, -0.05) is 19.9 Å². The number of halogens is 1. The van der Waals surface area contributed by atoms with Crippen molar-refractivity contribution in [3.05, 3.63) is 35.1 Å². The van der Waals surface area contributed by atoms with Crippen LogP contribution in [0.3, 0.4) is 0 Å². The van der Waals surface area contributed by atoms with Crippen LogP contribution in [0.15, 0.2) is 18.2 Å². The molecule has 1 aromatic carbocycles. The summed E-state index contributed by atoms with van der Waals surface area (Å²) < 4.78 is 13.6. The van der Waals surface area contributed by atoms with Crippen molar-refractivity contribution in [3.63, 3.8) is 0 Å². The van der Waals surface area contributed by atoms with Gasteiger partial charge in [0.2, 0.25) is 0 Å². The summed E-state index contributed by atoms with van der Waals surface area (Å²) in [4.78, 5) is 11.5. The van der Waals surface area contributed by atoms with E-state index < -0.39 is 5.97 Å². The van der Waals surface area contributed by atoms with Crippen molar-refractivity contribution in [1.29, 1.82) is 0 Å². The molecule has 0 aliphatic heterocycles. The molecule has 1 aromatic rings. The maximum absolute atomic E-state index is 13.6. The Morgan fingerprint density at radius 3 is 2.55 bits per heavy atom. The number of hydrogen-bond acceptors (Lipinski definition) is 1. The molecule has 1 N–H and O–H groups in total. The predicted octanol–water partition coefficient (Wildman–Crippen LogP) is 4.37. The lowest BCUT2D eigenvalue weighted by Gasteiger charge is -2.36. The molecule has 0 amide bonds. The van der Waals surface area contributed by atoms with Gasteiger partial charge in [-0.2, -0.15) is 0 Å². The molecule has 20 heavy (non-hydrogen) atoms. The summed E-state index contributed by atoms with van der Waals surface area (Å²) in [5.74, 6) is -0.398. The Hall–Kier alpha value is -1.38. The third-order valence-corrected chi connectivity index (χ3v) is 4.64. The molecule has 0 aromatic heterocycles. The fourth-order valence-electron chi connectivity index (χ4n) is 3.45. The second kappa shape index (κ2) is 5.94. The van der Waals surface area contributed by atoms with E-state index in [9.17, 15) is 14.3 Å². The van der Waals surface area contributed by atoms with Gasteiger partial charge in [0.05, 0.1) is 5.92 Å². The molecule has 1 saturated carbocycles. The maximum atomic E-state index is 13.6. The highest BCUT2D eigenvalue weighted by Gasteiger charge is 2.36. The Labute approximate surface area is 120 Å². The summed E-state index contributed by atoms with van der Waals surface area (Å²) in [6.07, 6.45) is 2.50. The van der Waals surface area contributed by atoms with E-state index in [1.165, 1.54) is 12.1 Å². The molecule has 0 radical (unpaired) electrons. The van der Waals surface area contributed by atoms with E-state index in [0.29, 0.717) is 18.3 Å². The van der Waals surface area contributed by atoms with Crippen LogP contribution in [0.5, 0.6) is 0 Å². The fraction of sp³-hybridized carbons (Fsp3) is 0.588. The quantitative estimate of drug-likeness (QED) is 0.891. The molecular formula is C17H23FO2. The highest BCUT2D eigenvalue weighted by atomic mass is 19.1. The number of aryl methyl sites for hydroxylation is 1. The fourth-order valence-corrected chi connectivity index (χ4v) is 3.45. The second-order valence-electron chi connectivity index (χ2n) is 6.43. The van der Waals surface area contributed by atoms with Crippen LogP contribution >= 0.6 is 0 Å². The second-order valence-corrected chi connectivity index (χ2v) is 6.43. The van der Waals surface area contributed by atoms with E-state index in [2.05, 4.69) is 13.8 Å². The van der Waals surface area contributed by atoms with Gasteiger partial charge in [-0.05, 0) is 67.2 Å². The third kappa shape index (κ3) is 3.20. The largest absolute Gasteiger partial charge is 0.481 e. The van der Waals surface area contributed by atoms with E-state index in [-0.39, 0.29) is 17.7 Å². The first-order valence-electron chi connectivity index (χ1n) is 7.38. The number of carbonyl (C=O) groups is 1. The Morgan fingerprint density at radius 1 is 1.30 bits per heavy atom. The van der Waals surface area contributed by atoms with E-state index in [1.54, 1.807) is 0 Å². The van der Waals surface area contributed by atoms with Gasteiger partial charge < -0.3 is 5.11 Å². The normalized spacial score (nSPS) is 26.8. The minimum absolute atomic E-state index is 0.0666. The van der Waals surface area contributed by atoms with Crippen molar-refractivity contribution in [2.24, 2.45) is 17.8 Å². The minimum Gasteiger partial charge on any atom is -0.481 e. The van der Waals surface area contributed by atoms with Crippen molar-refractivity contribution in [2.45, 2.75) is 46.0 Å². The zero-order chi connectivity index (χ0) is 14.9. The van der Waals surface area contributed by atoms with Crippen molar-refractivity contribution >= 4 is 5.97 Å². The molecule has 3 unspecified atom stereocenters. The lowest BCUT2D eigenvalue weighted by atomic mass is 9.68. The van der Waals surface area contributed by atoms with E-state index in [4.69, 9.17) is 0 Å². The first-order chi connectivity index (χ1) is 9.38. The van der Waals surface area contributed by atoms with E-state index >= 15 is 0 Å². The Balaban J connectivity index is 2.33. The maximum Gasteiger partial charge on any atom is 0.307 e. The average molecular weight is 278 g/mol. The summed E-state index contributed by atoms with van der Waals surface area (Å²) in [7, 11) is 0. The molecule has 0 bridgehead atoms. The summed E-state index contributed by atoms with van der Waals surface area (Å²) in [5, 5.41) is 9.44.